The molecule has 12 heteroatoms. The third kappa shape index (κ3) is 7.39. The largest absolute Gasteiger partial charge is 0.497 e. The molecule has 0 radical (unpaired) electrons. The average molecular weight is 667 g/mol. The number of thiophene rings is 1. The number of nitrogens with zero attached hydrogens (tertiary/aromatic N) is 5. The Bertz CT molecular complexity index is 1870. The maximum absolute atomic E-state index is 13.9. The van der Waals surface area contributed by atoms with Crippen molar-refractivity contribution in [2.24, 2.45) is 5.10 Å². The Morgan fingerprint density at radius 3 is 2.49 bits per heavy atom. The van der Waals surface area contributed by atoms with Crippen molar-refractivity contribution in [2.45, 2.75) is 38.0 Å². The fraction of sp³-hybridized carbons (Fsp3) is 0.229. The number of benzene rings is 3. The summed E-state index contributed by atoms with van der Waals surface area (Å²) in [4.78, 5) is 27.8. The van der Waals surface area contributed by atoms with Gasteiger partial charge in [0.15, 0.2) is 11.0 Å². The maximum Gasteiger partial charge on any atom is 0.253 e. The first kappa shape index (κ1) is 32.0. The number of amides is 2. The van der Waals surface area contributed by atoms with Crippen LogP contribution in [0.15, 0.2) is 101 Å². The van der Waals surface area contributed by atoms with Crippen LogP contribution in [-0.2, 0) is 11.3 Å². The van der Waals surface area contributed by atoms with E-state index in [1.165, 1.54) is 11.8 Å². The standard InChI is InChI=1S/C35H34N6O4S2/c1-4-45-28-16-12-26(13-17-28)40-32(21-36-34(43)25-8-5-7-23(2)19-25)37-38-35(40)47-22-33(42)41-30(24-10-14-27(44-3)15-11-24)20-29(39-41)31-9-6-18-46-31/h5-19,30H,4,20-22H2,1-3H3,(H,36,43)/t30-/m0/s1. The van der Waals surface area contributed by atoms with Gasteiger partial charge in [0, 0.05) is 17.7 Å². The summed E-state index contributed by atoms with van der Waals surface area (Å²) >= 11 is 2.88. The monoisotopic (exact) mass is 666 g/mol. The van der Waals surface area contributed by atoms with Gasteiger partial charge in [-0.05, 0) is 79.4 Å². The zero-order valence-corrected chi connectivity index (χ0v) is 27.9. The molecular weight excluding hydrogens is 633 g/mol. The molecule has 1 N–H and O–H groups in total. The Morgan fingerprint density at radius 2 is 1.79 bits per heavy atom. The van der Waals surface area contributed by atoms with E-state index in [2.05, 4.69) is 15.5 Å². The van der Waals surface area contributed by atoms with Crippen molar-refractivity contribution in [3.8, 4) is 17.2 Å². The predicted octanol–water partition coefficient (Wildman–Crippen LogP) is 6.44. The molecular formula is C35H34N6O4S2. The van der Waals surface area contributed by atoms with Crippen molar-refractivity contribution in [3.63, 3.8) is 0 Å². The van der Waals surface area contributed by atoms with Gasteiger partial charge in [-0.3, -0.25) is 14.2 Å². The van der Waals surface area contributed by atoms with Crippen molar-refractivity contribution in [1.82, 2.24) is 25.1 Å². The minimum atomic E-state index is -0.248. The summed E-state index contributed by atoms with van der Waals surface area (Å²) in [6, 6.07) is 26.5. The topological polar surface area (TPSA) is 111 Å². The molecule has 0 fully saturated rings. The molecule has 1 aliphatic rings. The van der Waals surface area contributed by atoms with Crippen LogP contribution in [0.3, 0.4) is 0 Å². The second kappa shape index (κ2) is 14.7. The summed E-state index contributed by atoms with van der Waals surface area (Å²) in [6.07, 6.45) is 0.608. The van der Waals surface area contributed by atoms with E-state index in [1.54, 1.807) is 29.5 Å². The van der Waals surface area contributed by atoms with E-state index in [9.17, 15) is 9.59 Å². The normalized spacial score (nSPS) is 14.1. The molecule has 6 rings (SSSR count). The van der Waals surface area contributed by atoms with Gasteiger partial charge in [-0.15, -0.1) is 21.5 Å². The number of carbonyl (C=O) groups is 2. The number of thioether (sulfide) groups is 1. The number of ether oxygens (including phenoxy) is 2. The van der Waals surface area contributed by atoms with E-state index >= 15 is 0 Å². The lowest BCUT2D eigenvalue weighted by Gasteiger charge is -2.22. The molecule has 240 valence electrons. The first-order chi connectivity index (χ1) is 22.9. The van der Waals surface area contributed by atoms with Gasteiger partial charge >= 0.3 is 0 Å². The number of hydrogen-bond donors (Lipinski definition) is 1. The Kier molecular flexibility index (Phi) is 9.98. The lowest BCUT2D eigenvalue weighted by molar-refractivity contribution is -0.130. The molecule has 3 aromatic carbocycles. The van der Waals surface area contributed by atoms with Crippen LogP contribution in [0.5, 0.6) is 11.5 Å². The second-order valence-electron chi connectivity index (χ2n) is 10.8. The lowest BCUT2D eigenvalue weighted by atomic mass is 10.0. The van der Waals surface area contributed by atoms with Crippen molar-refractivity contribution in [3.05, 3.63) is 118 Å². The van der Waals surface area contributed by atoms with E-state index in [1.807, 2.05) is 103 Å². The lowest BCUT2D eigenvalue weighted by Crippen LogP contribution is -2.28. The summed E-state index contributed by atoms with van der Waals surface area (Å²) in [6.45, 7) is 4.57. The zero-order valence-electron chi connectivity index (χ0n) is 26.3. The molecule has 47 heavy (non-hydrogen) atoms. The molecule has 1 atom stereocenters. The van der Waals surface area contributed by atoms with Crippen molar-refractivity contribution < 1.29 is 19.1 Å². The SMILES string of the molecule is CCOc1ccc(-n2c(CNC(=O)c3cccc(C)c3)nnc2SCC(=O)N2N=C(c3cccs3)C[C@H]2c2ccc(OC)cc2)cc1. The van der Waals surface area contributed by atoms with E-state index in [0.717, 1.165) is 38.9 Å². The first-order valence-electron chi connectivity index (χ1n) is 15.2. The zero-order chi connectivity index (χ0) is 32.8. The Morgan fingerprint density at radius 1 is 1.00 bits per heavy atom. The molecule has 3 heterocycles. The highest BCUT2D eigenvalue weighted by Crippen LogP contribution is 2.35. The number of aryl methyl sites for hydroxylation is 1. The third-order valence-electron chi connectivity index (χ3n) is 7.59. The smallest absolute Gasteiger partial charge is 0.253 e. The first-order valence-corrected chi connectivity index (χ1v) is 17.0. The predicted molar refractivity (Wildman–Crippen MR) is 184 cm³/mol. The minimum absolute atomic E-state index is 0.0820. The van der Waals surface area contributed by atoms with Gasteiger partial charge in [-0.2, -0.15) is 5.10 Å². The minimum Gasteiger partial charge on any atom is -0.497 e. The van der Waals surface area contributed by atoms with Crippen LogP contribution in [0.25, 0.3) is 5.69 Å². The number of rotatable bonds is 12. The molecule has 0 spiro atoms. The van der Waals surface area contributed by atoms with Crippen LogP contribution in [-0.4, -0.2) is 56.8 Å². The number of carbonyl (C=O) groups excluding carboxylic acids is 2. The van der Waals surface area contributed by atoms with Gasteiger partial charge < -0.3 is 14.8 Å². The van der Waals surface area contributed by atoms with Crippen LogP contribution in [0, 0.1) is 6.92 Å². The Balaban J connectivity index is 1.24. The molecule has 0 aliphatic carbocycles. The molecule has 0 bridgehead atoms. The van der Waals surface area contributed by atoms with Crippen LogP contribution in [0.2, 0.25) is 0 Å². The number of nitrogens with one attached hydrogen (secondary N) is 1. The molecule has 10 nitrogen and oxygen atoms in total. The molecule has 2 amide bonds. The van der Waals surface area contributed by atoms with Crippen LogP contribution < -0.4 is 14.8 Å². The van der Waals surface area contributed by atoms with Crippen molar-refractivity contribution in [1.29, 1.82) is 0 Å². The second-order valence-corrected chi connectivity index (χ2v) is 12.6. The van der Waals surface area contributed by atoms with E-state index in [0.29, 0.717) is 29.6 Å². The van der Waals surface area contributed by atoms with E-state index in [4.69, 9.17) is 14.6 Å². The molecule has 0 saturated heterocycles. The summed E-state index contributed by atoms with van der Waals surface area (Å²) < 4.78 is 12.8. The fourth-order valence-electron chi connectivity index (χ4n) is 5.28. The van der Waals surface area contributed by atoms with Crippen molar-refractivity contribution >= 4 is 40.6 Å². The highest BCUT2D eigenvalue weighted by atomic mass is 32.2. The Hall–Kier alpha value is -4.94. The highest BCUT2D eigenvalue weighted by Gasteiger charge is 2.34. The van der Waals surface area contributed by atoms with E-state index < -0.39 is 0 Å². The van der Waals surface area contributed by atoms with Crippen LogP contribution in [0.1, 0.15) is 51.6 Å². The molecule has 0 saturated carbocycles. The van der Waals surface area contributed by atoms with Gasteiger partial charge in [-0.1, -0.05) is 47.7 Å². The van der Waals surface area contributed by atoms with Gasteiger partial charge in [0.25, 0.3) is 11.8 Å². The molecule has 0 unspecified atom stereocenters. The van der Waals surface area contributed by atoms with Gasteiger partial charge in [0.05, 0.1) is 42.6 Å². The number of methoxy groups -OCH3 is 1. The Labute approximate surface area is 281 Å². The fourth-order valence-corrected chi connectivity index (χ4v) is 6.83. The third-order valence-corrected chi connectivity index (χ3v) is 9.42. The van der Waals surface area contributed by atoms with Crippen molar-refractivity contribution in [2.75, 3.05) is 19.5 Å². The number of hydrazone groups is 1. The number of aromatic nitrogens is 3. The molecule has 1 aliphatic heterocycles. The highest BCUT2D eigenvalue weighted by molar-refractivity contribution is 7.99. The summed E-state index contributed by atoms with van der Waals surface area (Å²) in [5.74, 6) is 1.73. The van der Waals surface area contributed by atoms with Crippen LogP contribution in [0.4, 0.5) is 0 Å². The molecule has 2 aromatic heterocycles. The average Bonchev–Trinajstić information content (AvgIpc) is 3.87. The molecule has 5 aromatic rings. The quantitative estimate of drug-likeness (QED) is 0.153. The number of hydrogen-bond acceptors (Lipinski definition) is 9. The van der Waals surface area contributed by atoms with Crippen LogP contribution >= 0.6 is 23.1 Å². The van der Waals surface area contributed by atoms with Gasteiger partial charge in [0.2, 0.25) is 0 Å². The van der Waals surface area contributed by atoms with E-state index in [-0.39, 0.29) is 30.2 Å². The summed E-state index contributed by atoms with van der Waals surface area (Å²) in [7, 11) is 1.63. The summed E-state index contributed by atoms with van der Waals surface area (Å²) in [5.41, 5.74) is 4.20. The maximum atomic E-state index is 13.9. The van der Waals surface area contributed by atoms with Gasteiger partial charge in [-0.25, -0.2) is 5.01 Å². The van der Waals surface area contributed by atoms with Gasteiger partial charge in [0.1, 0.15) is 11.5 Å². The summed E-state index contributed by atoms with van der Waals surface area (Å²) in [5, 5.41) is 20.7.